The Morgan fingerprint density at radius 1 is 1.11 bits per heavy atom. The summed E-state index contributed by atoms with van der Waals surface area (Å²) in [5.74, 6) is -0.260. The third-order valence-corrected chi connectivity index (χ3v) is 8.04. The van der Waals surface area contributed by atoms with E-state index >= 15 is 0 Å². The standard InChI is InChI=1S/C26H37ClN4O4/c1-25(2,3)35-24(34)30-15-12-26(13-16-30)10-7-18(8-11-26)29(4)19-5-6-20(27)21(17-19)31-14-9-22(32)28-23(31)33/h5-6,17-18H,7-16H2,1-4H3,(H,28,32,33). The van der Waals surface area contributed by atoms with Gasteiger partial charge in [0.25, 0.3) is 0 Å². The van der Waals surface area contributed by atoms with Crippen molar-refractivity contribution in [3.8, 4) is 0 Å². The number of anilines is 2. The number of hydrogen-bond donors (Lipinski definition) is 1. The highest BCUT2D eigenvalue weighted by Gasteiger charge is 2.40. The highest BCUT2D eigenvalue weighted by atomic mass is 35.5. The fourth-order valence-corrected chi connectivity index (χ4v) is 5.74. The number of halogens is 1. The molecule has 0 unspecified atom stereocenters. The number of nitrogens with zero attached hydrogens (tertiary/aromatic N) is 3. The summed E-state index contributed by atoms with van der Waals surface area (Å²) in [7, 11) is 2.10. The summed E-state index contributed by atoms with van der Waals surface area (Å²) in [6, 6.07) is 5.73. The zero-order valence-corrected chi connectivity index (χ0v) is 22.0. The average Bonchev–Trinajstić information content (AvgIpc) is 2.79. The molecule has 4 rings (SSSR count). The van der Waals surface area contributed by atoms with E-state index in [4.69, 9.17) is 16.3 Å². The van der Waals surface area contributed by atoms with Crippen LogP contribution in [-0.2, 0) is 9.53 Å². The number of imide groups is 1. The quantitative estimate of drug-likeness (QED) is 0.613. The van der Waals surface area contributed by atoms with Crippen LogP contribution >= 0.6 is 11.6 Å². The molecule has 3 fully saturated rings. The van der Waals surface area contributed by atoms with Gasteiger partial charge in [-0.25, -0.2) is 9.59 Å². The van der Waals surface area contributed by atoms with E-state index in [-0.39, 0.29) is 18.4 Å². The van der Waals surface area contributed by atoms with Gasteiger partial charge in [0.15, 0.2) is 0 Å². The third kappa shape index (κ3) is 5.85. The van der Waals surface area contributed by atoms with Gasteiger partial charge in [0.2, 0.25) is 5.91 Å². The number of amides is 4. The number of hydrogen-bond acceptors (Lipinski definition) is 5. The second-order valence-corrected chi connectivity index (χ2v) is 11.6. The number of piperidine rings is 1. The Hall–Kier alpha value is -2.48. The predicted molar refractivity (Wildman–Crippen MR) is 137 cm³/mol. The molecule has 1 saturated carbocycles. The molecule has 1 aromatic rings. The monoisotopic (exact) mass is 504 g/mol. The van der Waals surface area contributed by atoms with Crippen LogP contribution in [-0.4, -0.2) is 61.3 Å². The van der Waals surface area contributed by atoms with Crippen LogP contribution in [0.15, 0.2) is 18.2 Å². The van der Waals surface area contributed by atoms with E-state index in [1.165, 1.54) is 4.90 Å². The Balaban J connectivity index is 1.35. The largest absolute Gasteiger partial charge is 0.444 e. The van der Waals surface area contributed by atoms with Gasteiger partial charge in [0, 0.05) is 44.8 Å². The first-order valence-electron chi connectivity index (χ1n) is 12.6. The number of rotatable bonds is 3. The molecule has 35 heavy (non-hydrogen) atoms. The smallest absolute Gasteiger partial charge is 0.410 e. The van der Waals surface area contributed by atoms with Gasteiger partial charge in [-0.3, -0.25) is 15.0 Å². The fourth-order valence-electron chi connectivity index (χ4n) is 5.52. The van der Waals surface area contributed by atoms with Crippen LogP contribution in [0.1, 0.15) is 65.7 Å². The van der Waals surface area contributed by atoms with Crippen LogP contribution in [0.25, 0.3) is 0 Å². The number of urea groups is 1. The molecule has 4 amide bonds. The lowest BCUT2D eigenvalue weighted by Gasteiger charge is -2.47. The zero-order valence-electron chi connectivity index (χ0n) is 21.2. The molecule has 3 aliphatic rings. The van der Waals surface area contributed by atoms with Gasteiger partial charge < -0.3 is 14.5 Å². The zero-order chi connectivity index (χ0) is 25.4. The molecule has 8 nitrogen and oxygen atoms in total. The molecule has 192 valence electrons. The van der Waals surface area contributed by atoms with Gasteiger partial charge in [0.1, 0.15) is 5.60 Å². The molecule has 0 bridgehead atoms. The van der Waals surface area contributed by atoms with E-state index in [1.807, 2.05) is 43.9 Å². The molecule has 2 heterocycles. The minimum Gasteiger partial charge on any atom is -0.444 e. The first kappa shape index (κ1) is 25.6. The van der Waals surface area contributed by atoms with E-state index in [2.05, 4.69) is 17.3 Å². The molecule has 1 aliphatic carbocycles. The molecule has 2 saturated heterocycles. The number of nitrogens with one attached hydrogen (secondary N) is 1. The van der Waals surface area contributed by atoms with Crippen molar-refractivity contribution >= 4 is 41.0 Å². The highest BCUT2D eigenvalue weighted by molar-refractivity contribution is 6.34. The van der Waals surface area contributed by atoms with E-state index in [0.717, 1.165) is 57.3 Å². The van der Waals surface area contributed by atoms with Gasteiger partial charge in [-0.2, -0.15) is 0 Å². The molecule has 0 atom stereocenters. The van der Waals surface area contributed by atoms with Crippen LogP contribution < -0.4 is 15.1 Å². The van der Waals surface area contributed by atoms with Crippen LogP contribution in [0.3, 0.4) is 0 Å². The van der Waals surface area contributed by atoms with Crippen molar-refractivity contribution in [1.29, 1.82) is 0 Å². The number of benzene rings is 1. The second-order valence-electron chi connectivity index (χ2n) is 11.2. The van der Waals surface area contributed by atoms with Gasteiger partial charge in [0.05, 0.1) is 10.7 Å². The molecule has 1 aromatic carbocycles. The lowest BCUT2D eigenvalue weighted by Crippen LogP contribution is -2.49. The van der Waals surface area contributed by atoms with Crippen molar-refractivity contribution in [2.24, 2.45) is 5.41 Å². The number of carbonyl (C=O) groups is 3. The Labute approximate surface area is 212 Å². The number of likely N-dealkylation sites (tertiary alicyclic amines) is 1. The van der Waals surface area contributed by atoms with Crippen LogP contribution in [0.2, 0.25) is 5.02 Å². The van der Waals surface area contributed by atoms with Crippen molar-refractivity contribution in [3.05, 3.63) is 23.2 Å². The summed E-state index contributed by atoms with van der Waals surface area (Å²) in [6.07, 6.45) is 6.55. The van der Waals surface area contributed by atoms with Crippen LogP contribution in [0, 0.1) is 5.41 Å². The maximum Gasteiger partial charge on any atom is 0.410 e. The van der Waals surface area contributed by atoms with E-state index in [1.54, 1.807) is 0 Å². The van der Waals surface area contributed by atoms with E-state index < -0.39 is 11.6 Å². The molecule has 0 radical (unpaired) electrons. The molecule has 0 aromatic heterocycles. The van der Waals surface area contributed by atoms with Gasteiger partial charge in [-0.05, 0) is 82.9 Å². The SMILES string of the molecule is CN(c1ccc(Cl)c(N2CCC(=O)NC2=O)c1)C1CCC2(CC1)CCN(C(=O)OC(C)(C)C)CC2. The van der Waals surface area contributed by atoms with Gasteiger partial charge in [-0.1, -0.05) is 11.6 Å². The lowest BCUT2D eigenvalue weighted by atomic mass is 9.67. The Bertz CT molecular complexity index is 974. The maximum atomic E-state index is 12.4. The fraction of sp³-hybridized carbons (Fsp3) is 0.654. The van der Waals surface area contributed by atoms with Crippen molar-refractivity contribution in [2.45, 2.75) is 77.4 Å². The summed E-state index contributed by atoms with van der Waals surface area (Å²) < 4.78 is 5.55. The van der Waals surface area contributed by atoms with Crippen molar-refractivity contribution in [1.82, 2.24) is 10.2 Å². The normalized spacial score (nSPS) is 21.2. The molecule has 1 N–H and O–H groups in total. The Morgan fingerprint density at radius 3 is 2.37 bits per heavy atom. The molecular weight excluding hydrogens is 468 g/mol. The highest BCUT2D eigenvalue weighted by Crippen LogP contribution is 2.46. The third-order valence-electron chi connectivity index (χ3n) is 7.72. The minimum absolute atomic E-state index is 0.203. The first-order chi connectivity index (χ1) is 16.5. The summed E-state index contributed by atoms with van der Waals surface area (Å²) in [5.41, 5.74) is 1.48. The van der Waals surface area contributed by atoms with Crippen molar-refractivity contribution < 1.29 is 19.1 Å². The molecule has 1 spiro atoms. The van der Waals surface area contributed by atoms with E-state index in [0.29, 0.717) is 28.7 Å². The van der Waals surface area contributed by atoms with Gasteiger partial charge in [-0.15, -0.1) is 0 Å². The molecular formula is C26H37ClN4O4. The first-order valence-corrected chi connectivity index (χ1v) is 13.0. The summed E-state index contributed by atoms with van der Waals surface area (Å²) in [6.45, 7) is 7.55. The molecule has 2 aliphatic heterocycles. The van der Waals surface area contributed by atoms with Crippen molar-refractivity contribution in [3.63, 3.8) is 0 Å². The Morgan fingerprint density at radius 2 is 1.77 bits per heavy atom. The topological polar surface area (TPSA) is 82.2 Å². The predicted octanol–water partition coefficient (Wildman–Crippen LogP) is 5.18. The van der Waals surface area contributed by atoms with Gasteiger partial charge >= 0.3 is 12.1 Å². The van der Waals surface area contributed by atoms with Crippen molar-refractivity contribution in [2.75, 3.05) is 36.5 Å². The summed E-state index contributed by atoms with van der Waals surface area (Å²) in [5, 5.41) is 2.86. The Kier molecular flexibility index (Phi) is 7.23. The average molecular weight is 505 g/mol. The van der Waals surface area contributed by atoms with E-state index in [9.17, 15) is 14.4 Å². The summed E-state index contributed by atoms with van der Waals surface area (Å²) >= 11 is 6.43. The van der Waals surface area contributed by atoms with Crippen LogP contribution in [0.5, 0.6) is 0 Å². The second kappa shape index (κ2) is 9.88. The lowest BCUT2D eigenvalue weighted by molar-refractivity contribution is -0.120. The number of ether oxygens (including phenoxy) is 1. The summed E-state index contributed by atoms with van der Waals surface area (Å²) in [4.78, 5) is 42.0. The van der Waals surface area contributed by atoms with Crippen LogP contribution in [0.4, 0.5) is 21.0 Å². The molecule has 9 heteroatoms. The minimum atomic E-state index is -0.467. The maximum absolute atomic E-state index is 12.4. The number of carbonyl (C=O) groups excluding carboxylic acids is 3.